The number of rotatable bonds is 4. The maximum Gasteiger partial charge on any atom is 0.319 e. The third-order valence-corrected chi connectivity index (χ3v) is 1.99. The smallest absolute Gasteiger partial charge is 0.319 e. The molecule has 92 valence electrons. The lowest BCUT2D eigenvalue weighted by molar-refractivity contribution is 0.100. The molecule has 1 atom stereocenters. The fraction of sp³-hybridized carbons (Fsp3) is 0.273. The zero-order valence-corrected chi connectivity index (χ0v) is 9.43. The molecule has 0 spiro atoms. The van der Waals surface area contributed by atoms with E-state index >= 15 is 0 Å². The van der Waals surface area contributed by atoms with E-state index in [2.05, 4.69) is 10.6 Å². The Hall–Kier alpha value is -2.08. The van der Waals surface area contributed by atoms with Gasteiger partial charge in [0.15, 0.2) is 0 Å². The second-order valence-corrected chi connectivity index (χ2v) is 3.63. The van der Waals surface area contributed by atoms with Crippen LogP contribution in [0.4, 0.5) is 10.5 Å². The summed E-state index contributed by atoms with van der Waals surface area (Å²) in [5.74, 6) is -0.518. The van der Waals surface area contributed by atoms with Gasteiger partial charge in [-0.3, -0.25) is 4.79 Å². The summed E-state index contributed by atoms with van der Waals surface area (Å²) in [5.41, 5.74) is 5.99. The minimum absolute atomic E-state index is 0.172. The van der Waals surface area contributed by atoms with Crippen LogP contribution in [-0.4, -0.2) is 29.7 Å². The number of nitrogens with two attached hydrogens (primary N) is 1. The van der Waals surface area contributed by atoms with Gasteiger partial charge in [0.1, 0.15) is 0 Å². The molecular weight excluding hydrogens is 222 g/mol. The average molecular weight is 237 g/mol. The maximum atomic E-state index is 11.3. The van der Waals surface area contributed by atoms with Gasteiger partial charge in [-0.2, -0.15) is 0 Å². The van der Waals surface area contributed by atoms with Crippen LogP contribution < -0.4 is 16.4 Å². The molecule has 0 heterocycles. The van der Waals surface area contributed by atoms with E-state index in [1.165, 1.54) is 12.1 Å². The number of urea groups is 1. The van der Waals surface area contributed by atoms with Crippen molar-refractivity contribution in [2.45, 2.75) is 13.0 Å². The first-order valence-corrected chi connectivity index (χ1v) is 5.12. The Bertz CT molecular complexity index is 401. The Labute approximate surface area is 98.8 Å². The molecular formula is C11H15N3O3. The van der Waals surface area contributed by atoms with Crippen molar-refractivity contribution in [3.8, 4) is 0 Å². The average Bonchev–Trinajstić information content (AvgIpc) is 2.27. The zero-order chi connectivity index (χ0) is 12.8. The number of hydrogen-bond donors (Lipinski definition) is 4. The number of amides is 3. The molecule has 0 radical (unpaired) electrons. The van der Waals surface area contributed by atoms with E-state index in [0.717, 1.165) is 0 Å². The maximum absolute atomic E-state index is 11.3. The summed E-state index contributed by atoms with van der Waals surface area (Å²) in [5, 5.41) is 14.0. The first-order valence-electron chi connectivity index (χ1n) is 5.12. The normalized spacial score (nSPS) is 11.6. The van der Waals surface area contributed by atoms with Crippen molar-refractivity contribution in [1.29, 1.82) is 0 Å². The van der Waals surface area contributed by atoms with E-state index in [1.807, 2.05) is 0 Å². The molecule has 1 aromatic rings. The Morgan fingerprint density at radius 3 is 2.41 bits per heavy atom. The molecule has 0 aromatic heterocycles. The van der Waals surface area contributed by atoms with Gasteiger partial charge in [0.25, 0.3) is 0 Å². The molecule has 5 N–H and O–H groups in total. The monoisotopic (exact) mass is 237 g/mol. The van der Waals surface area contributed by atoms with E-state index in [4.69, 9.17) is 10.8 Å². The van der Waals surface area contributed by atoms with Crippen molar-refractivity contribution in [3.05, 3.63) is 29.8 Å². The van der Waals surface area contributed by atoms with Crippen molar-refractivity contribution in [2.24, 2.45) is 5.73 Å². The van der Waals surface area contributed by atoms with Gasteiger partial charge in [0.2, 0.25) is 5.91 Å². The summed E-state index contributed by atoms with van der Waals surface area (Å²) in [7, 11) is 0. The summed E-state index contributed by atoms with van der Waals surface area (Å²) in [4.78, 5) is 22.1. The van der Waals surface area contributed by atoms with Crippen molar-refractivity contribution >= 4 is 17.6 Å². The predicted molar refractivity (Wildman–Crippen MR) is 63.7 cm³/mol. The predicted octanol–water partition coefficient (Wildman–Crippen LogP) is 0.288. The van der Waals surface area contributed by atoms with E-state index in [1.54, 1.807) is 19.1 Å². The van der Waals surface area contributed by atoms with Crippen molar-refractivity contribution in [2.75, 3.05) is 11.9 Å². The van der Waals surface area contributed by atoms with Crippen LogP contribution in [0.1, 0.15) is 17.3 Å². The van der Waals surface area contributed by atoms with Gasteiger partial charge >= 0.3 is 6.03 Å². The Morgan fingerprint density at radius 1 is 1.35 bits per heavy atom. The van der Waals surface area contributed by atoms with Gasteiger partial charge in [0, 0.05) is 17.8 Å². The highest BCUT2D eigenvalue weighted by Crippen LogP contribution is 2.08. The lowest BCUT2D eigenvalue weighted by Gasteiger charge is -2.09. The number of benzene rings is 1. The number of aliphatic hydroxyl groups excluding tert-OH is 1. The highest BCUT2D eigenvalue weighted by atomic mass is 16.3. The molecule has 0 aliphatic carbocycles. The summed E-state index contributed by atoms with van der Waals surface area (Å²) < 4.78 is 0. The third kappa shape index (κ3) is 4.52. The molecule has 1 aromatic carbocycles. The molecule has 1 unspecified atom stereocenters. The molecule has 3 amide bonds. The zero-order valence-electron chi connectivity index (χ0n) is 9.43. The van der Waals surface area contributed by atoms with E-state index in [9.17, 15) is 9.59 Å². The number of carbonyl (C=O) groups excluding carboxylic acids is 2. The molecule has 0 aliphatic rings. The van der Waals surface area contributed by atoms with Crippen LogP contribution in [-0.2, 0) is 0 Å². The number of aliphatic hydroxyl groups is 1. The van der Waals surface area contributed by atoms with Crippen LogP contribution in [0.25, 0.3) is 0 Å². The molecule has 17 heavy (non-hydrogen) atoms. The number of anilines is 1. The van der Waals surface area contributed by atoms with Crippen molar-refractivity contribution < 1.29 is 14.7 Å². The first kappa shape index (κ1) is 13.0. The van der Waals surface area contributed by atoms with Gasteiger partial charge in [0.05, 0.1) is 6.10 Å². The standard InChI is InChI=1S/C11H15N3O3/c1-7(15)6-13-11(17)14-9-4-2-8(3-5-9)10(12)16/h2-5,7,15H,6H2,1H3,(H2,12,16)(H2,13,14,17). The number of primary amides is 1. The van der Waals surface area contributed by atoms with Crippen molar-refractivity contribution in [1.82, 2.24) is 5.32 Å². The molecule has 0 fully saturated rings. The molecule has 1 rings (SSSR count). The molecule has 0 aliphatic heterocycles. The Balaban J connectivity index is 2.51. The molecule has 0 saturated carbocycles. The van der Waals surface area contributed by atoms with Crippen LogP contribution in [0.3, 0.4) is 0 Å². The minimum atomic E-state index is -0.599. The van der Waals surface area contributed by atoms with Gasteiger partial charge in [-0.15, -0.1) is 0 Å². The summed E-state index contributed by atoms with van der Waals surface area (Å²) >= 11 is 0. The highest BCUT2D eigenvalue weighted by Gasteiger charge is 2.04. The van der Waals surface area contributed by atoms with Crippen LogP contribution >= 0.6 is 0 Å². The second-order valence-electron chi connectivity index (χ2n) is 3.63. The van der Waals surface area contributed by atoms with Gasteiger partial charge in [-0.1, -0.05) is 0 Å². The Morgan fingerprint density at radius 2 is 1.94 bits per heavy atom. The fourth-order valence-corrected chi connectivity index (χ4v) is 1.13. The second kappa shape index (κ2) is 5.86. The molecule has 0 saturated heterocycles. The van der Waals surface area contributed by atoms with E-state index < -0.39 is 18.0 Å². The largest absolute Gasteiger partial charge is 0.392 e. The quantitative estimate of drug-likeness (QED) is 0.604. The SMILES string of the molecule is CC(O)CNC(=O)Nc1ccc(C(N)=O)cc1. The molecule has 6 nitrogen and oxygen atoms in total. The lowest BCUT2D eigenvalue weighted by atomic mass is 10.2. The topological polar surface area (TPSA) is 104 Å². The van der Waals surface area contributed by atoms with Gasteiger partial charge in [-0.25, -0.2) is 4.79 Å². The lowest BCUT2D eigenvalue weighted by Crippen LogP contribution is -2.34. The molecule has 0 bridgehead atoms. The highest BCUT2D eigenvalue weighted by molar-refractivity contribution is 5.94. The van der Waals surface area contributed by atoms with Crippen LogP contribution in [0.15, 0.2) is 24.3 Å². The first-order chi connectivity index (χ1) is 7.99. The minimum Gasteiger partial charge on any atom is -0.392 e. The number of hydrogen-bond acceptors (Lipinski definition) is 3. The van der Waals surface area contributed by atoms with E-state index in [-0.39, 0.29) is 6.54 Å². The Kier molecular flexibility index (Phi) is 4.47. The van der Waals surface area contributed by atoms with Crippen LogP contribution in [0.2, 0.25) is 0 Å². The number of carbonyl (C=O) groups is 2. The van der Waals surface area contributed by atoms with E-state index in [0.29, 0.717) is 11.3 Å². The van der Waals surface area contributed by atoms with Crippen LogP contribution in [0.5, 0.6) is 0 Å². The summed E-state index contributed by atoms with van der Waals surface area (Å²) in [6, 6.07) is 5.77. The molecule has 6 heteroatoms. The fourth-order valence-electron chi connectivity index (χ4n) is 1.13. The van der Waals surface area contributed by atoms with Crippen molar-refractivity contribution in [3.63, 3.8) is 0 Å². The summed E-state index contributed by atoms with van der Waals surface area (Å²) in [6.07, 6.45) is -0.599. The third-order valence-electron chi connectivity index (χ3n) is 1.99. The van der Waals surface area contributed by atoms with Gasteiger partial charge < -0.3 is 21.5 Å². The summed E-state index contributed by atoms with van der Waals surface area (Å²) in [6.45, 7) is 1.74. The number of nitrogens with one attached hydrogen (secondary N) is 2. The van der Waals surface area contributed by atoms with Crippen LogP contribution in [0, 0.1) is 0 Å². The van der Waals surface area contributed by atoms with Gasteiger partial charge in [-0.05, 0) is 31.2 Å².